The monoisotopic (exact) mass is 234 g/mol. The zero-order valence-corrected chi connectivity index (χ0v) is 9.81. The van der Waals surface area contributed by atoms with Crippen molar-refractivity contribution in [1.29, 1.82) is 10.5 Å². The van der Waals surface area contributed by atoms with E-state index in [0.717, 1.165) is 11.4 Å². The fourth-order valence-electron chi connectivity index (χ4n) is 1.55. The highest BCUT2D eigenvalue weighted by molar-refractivity contribution is 5.64. The number of pyridine rings is 1. The molecule has 4 nitrogen and oxygen atoms in total. The molecule has 0 amide bonds. The van der Waals surface area contributed by atoms with Crippen molar-refractivity contribution in [3.05, 3.63) is 53.2 Å². The Morgan fingerprint density at radius 1 is 1.11 bits per heavy atom. The summed E-state index contributed by atoms with van der Waals surface area (Å²) in [6, 6.07) is 14.7. The first-order valence-corrected chi connectivity index (χ1v) is 5.38. The molecular weight excluding hydrogens is 224 g/mol. The van der Waals surface area contributed by atoms with Gasteiger partial charge < -0.3 is 5.32 Å². The molecule has 1 aromatic heterocycles. The van der Waals surface area contributed by atoms with E-state index in [9.17, 15) is 0 Å². The van der Waals surface area contributed by atoms with Crippen LogP contribution in [0.4, 0.5) is 11.5 Å². The summed E-state index contributed by atoms with van der Waals surface area (Å²) in [6.45, 7) is 1.86. The van der Waals surface area contributed by atoms with Crippen LogP contribution in [-0.4, -0.2) is 4.98 Å². The second-order valence-corrected chi connectivity index (χ2v) is 3.78. The summed E-state index contributed by atoms with van der Waals surface area (Å²) >= 11 is 0. The summed E-state index contributed by atoms with van der Waals surface area (Å²) in [6.07, 6.45) is 0. The molecule has 0 aliphatic rings. The number of nitriles is 2. The Morgan fingerprint density at radius 3 is 2.67 bits per heavy atom. The molecule has 2 aromatic rings. The van der Waals surface area contributed by atoms with Gasteiger partial charge >= 0.3 is 0 Å². The van der Waals surface area contributed by atoms with Crippen molar-refractivity contribution >= 4 is 11.5 Å². The van der Waals surface area contributed by atoms with Gasteiger partial charge in [0.25, 0.3) is 0 Å². The smallest absolute Gasteiger partial charge is 0.148 e. The Morgan fingerprint density at radius 2 is 1.94 bits per heavy atom. The standard InChI is InChI=1S/C14H10N4/c1-10-5-6-12(9-16)14(17-10)18-13-4-2-3-11(7-13)8-15/h2-7H,1H3,(H,17,18). The van der Waals surface area contributed by atoms with Crippen molar-refractivity contribution in [3.8, 4) is 12.1 Å². The average molecular weight is 234 g/mol. The van der Waals surface area contributed by atoms with E-state index < -0.39 is 0 Å². The molecule has 0 aliphatic carbocycles. The number of rotatable bonds is 2. The number of nitrogens with one attached hydrogen (secondary N) is 1. The van der Waals surface area contributed by atoms with Crippen LogP contribution in [0.25, 0.3) is 0 Å². The molecule has 0 unspecified atom stereocenters. The zero-order valence-electron chi connectivity index (χ0n) is 9.81. The minimum Gasteiger partial charge on any atom is -0.339 e. The molecular formula is C14H10N4. The lowest BCUT2D eigenvalue weighted by Gasteiger charge is -2.08. The number of benzene rings is 1. The van der Waals surface area contributed by atoms with Crippen LogP contribution < -0.4 is 5.32 Å². The minimum absolute atomic E-state index is 0.475. The Labute approximate surface area is 105 Å². The van der Waals surface area contributed by atoms with Crippen molar-refractivity contribution in [2.24, 2.45) is 0 Å². The van der Waals surface area contributed by atoms with E-state index in [0.29, 0.717) is 16.9 Å². The summed E-state index contributed by atoms with van der Waals surface area (Å²) in [5.74, 6) is 0.507. The van der Waals surface area contributed by atoms with Gasteiger partial charge in [0, 0.05) is 11.4 Å². The van der Waals surface area contributed by atoms with Gasteiger partial charge in [-0.15, -0.1) is 0 Å². The van der Waals surface area contributed by atoms with E-state index in [1.54, 1.807) is 30.3 Å². The molecule has 0 bridgehead atoms. The summed E-state index contributed by atoms with van der Waals surface area (Å²) < 4.78 is 0. The number of aryl methyl sites for hydroxylation is 1. The molecule has 0 aliphatic heterocycles. The molecule has 0 saturated carbocycles. The quantitative estimate of drug-likeness (QED) is 0.867. The Hall–Kier alpha value is -2.85. The number of hydrogen-bond acceptors (Lipinski definition) is 4. The lowest BCUT2D eigenvalue weighted by molar-refractivity contribution is 1.19. The van der Waals surface area contributed by atoms with E-state index >= 15 is 0 Å². The van der Waals surface area contributed by atoms with E-state index in [1.165, 1.54) is 0 Å². The van der Waals surface area contributed by atoms with Gasteiger partial charge in [0.05, 0.1) is 17.2 Å². The Kier molecular flexibility index (Phi) is 3.22. The number of hydrogen-bond donors (Lipinski definition) is 1. The second-order valence-electron chi connectivity index (χ2n) is 3.78. The topological polar surface area (TPSA) is 72.5 Å². The largest absolute Gasteiger partial charge is 0.339 e. The first-order chi connectivity index (χ1) is 8.72. The highest BCUT2D eigenvalue weighted by atomic mass is 15.0. The third kappa shape index (κ3) is 2.45. The maximum atomic E-state index is 9.01. The third-order valence-electron chi connectivity index (χ3n) is 2.41. The molecule has 0 atom stereocenters. The van der Waals surface area contributed by atoms with E-state index in [4.69, 9.17) is 10.5 Å². The maximum Gasteiger partial charge on any atom is 0.148 e. The molecule has 1 N–H and O–H groups in total. The van der Waals surface area contributed by atoms with Crippen LogP contribution in [0.1, 0.15) is 16.8 Å². The number of aromatic nitrogens is 1. The minimum atomic E-state index is 0.475. The van der Waals surface area contributed by atoms with Crippen LogP contribution in [0.3, 0.4) is 0 Å². The van der Waals surface area contributed by atoms with Crippen molar-refractivity contribution in [1.82, 2.24) is 4.98 Å². The lowest BCUT2D eigenvalue weighted by Crippen LogP contribution is -1.98. The zero-order chi connectivity index (χ0) is 13.0. The van der Waals surface area contributed by atoms with Crippen molar-refractivity contribution in [2.45, 2.75) is 6.92 Å². The molecule has 1 aromatic carbocycles. The van der Waals surface area contributed by atoms with Crippen LogP contribution in [-0.2, 0) is 0 Å². The van der Waals surface area contributed by atoms with Gasteiger partial charge in [0.1, 0.15) is 11.9 Å². The van der Waals surface area contributed by atoms with Gasteiger partial charge in [0.15, 0.2) is 0 Å². The van der Waals surface area contributed by atoms with Gasteiger partial charge in [-0.25, -0.2) is 4.98 Å². The van der Waals surface area contributed by atoms with E-state index in [1.807, 2.05) is 13.0 Å². The highest BCUT2D eigenvalue weighted by Crippen LogP contribution is 2.19. The first kappa shape index (κ1) is 11.6. The fourth-order valence-corrected chi connectivity index (χ4v) is 1.55. The van der Waals surface area contributed by atoms with Gasteiger partial charge in [-0.05, 0) is 37.3 Å². The van der Waals surface area contributed by atoms with Gasteiger partial charge in [-0.3, -0.25) is 0 Å². The Bertz CT molecular complexity index is 662. The van der Waals surface area contributed by atoms with Crippen LogP contribution >= 0.6 is 0 Å². The lowest BCUT2D eigenvalue weighted by atomic mass is 10.2. The Balaban J connectivity index is 2.37. The summed E-state index contributed by atoms with van der Waals surface area (Å²) in [7, 11) is 0. The normalized spacial score (nSPS) is 9.28. The van der Waals surface area contributed by atoms with Gasteiger partial charge in [-0.1, -0.05) is 6.07 Å². The van der Waals surface area contributed by atoms with Crippen LogP contribution in [0.15, 0.2) is 36.4 Å². The van der Waals surface area contributed by atoms with Gasteiger partial charge in [0.2, 0.25) is 0 Å². The molecule has 0 spiro atoms. The van der Waals surface area contributed by atoms with E-state index in [2.05, 4.69) is 22.4 Å². The molecule has 18 heavy (non-hydrogen) atoms. The molecule has 0 fully saturated rings. The third-order valence-corrected chi connectivity index (χ3v) is 2.41. The highest BCUT2D eigenvalue weighted by Gasteiger charge is 2.04. The molecule has 1 heterocycles. The fraction of sp³-hybridized carbons (Fsp3) is 0.0714. The van der Waals surface area contributed by atoms with Gasteiger partial charge in [-0.2, -0.15) is 10.5 Å². The molecule has 0 radical (unpaired) electrons. The molecule has 0 saturated heterocycles. The summed E-state index contributed by atoms with van der Waals surface area (Å²) in [5.41, 5.74) is 2.60. The van der Waals surface area contributed by atoms with Crippen molar-refractivity contribution < 1.29 is 0 Å². The molecule has 4 heteroatoms. The predicted octanol–water partition coefficient (Wildman–Crippen LogP) is 2.88. The van der Waals surface area contributed by atoms with E-state index in [-0.39, 0.29) is 0 Å². The number of nitrogens with zero attached hydrogens (tertiary/aromatic N) is 3. The van der Waals surface area contributed by atoms with Crippen LogP contribution in [0, 0.1) is 29.6 Å². The molecule has 86 valence electrons. The first-order valence-electron chi connectivity index (χ1n) is 5.38. The predicted molar refractivity (Wildman–Crippen MR) is 68.1 cm³/mol. The summed E-state index contributed by atoms with van der Waals surface area (Å²) in [4.78, 5) is 4.28. The maximum absolute atomic E-state index is 9.01. The second kappa shape index (κ2) is 4.99. The average Bonchev–Trinajstić information content (AvgIpc) is 2.39. The number of anilines is 2. The van der Waals surface area contributed by atoms with Crippen LogP contribution in [0.2, 0.25) is 0 Å². The SMILES string of the molecule is Cc1ccc(C#N)c(Nc2cccc(C#N)c2)n1. The molecule has 2 rings (SSSR count). The van der Waals surface area contributed by atoms with Crippen LogP contribution in [0.5, 0.6) is 0 Å². The summed E-state index contributed by atoms with van der Waals surface area (Å²) in [5, 5.41) is 20.9. The van der Waals surface area contributed by atoms with Crippen molar-refractivity contribution in [3.63, 3.8) is 0 Å². The van der Waals surface area contributed by atoms with Crippen molar-refractivity contribution in [2.75, 3.05) is 5.32 Å².